The zero-order valence-electron chi connectivity index (χ0n) is 13.1. The summed E-state index contributed by atoms with van der Waals surface area (Å²) in [6, 6.07) is 13.3. The van der Waals surface area contributed by atoms with Crippen LogP contribution < -0.4 is 5.32 Å². The summed E-state index contributed by atoms with van der Waals surface area (Å²) in [4.78, 5) is 26.9. The SMILES string of the molecule is Cn1c(-c2cccc(Br)c2)cnc1NC(=O)c1cccc([N+](=O)[O-])c1. The van der Waals surface area contributed by atoms with E-state index in [1.807, 2.05) is 24.3 Å². The fourth-order valence-corrected chi connectivity index (χ4v) is 2.78. The quantitative estimate of drug-likeness (QED) is 0.528. The molecule has 3 aromatic rings. The van der Waals surface area contributed by atoms with E-state index in [1.54, 1.807) is 17.8 Å². The lowest BCUT2D eigenvalue weighted by molar-refractivity contribution is -0.384. The number of hydrogen-bond acceptors (Lipinski definition) is 4. The van der Waals surface area contributed by atoms with Crippen LogP contribution in [0.4, 0.5) is 11.6 Å². The molecule has 0 atom stereocenters. The number of nitro groups is 1. The minimum Gasteiger partial charge on any atom is -0.313 e. The molecule has 0 aliphatic carbocycles. The molecule has 126 valence electrons. The number of nitrogens with zero attached hydrogens (tertiary/aromatic N) is 3. The molecule has 0 aliphatic heterocycles. The highest BCUT2D eigenvalue weighted by Crippen LogP contribution is 2.25. The van der Waals surface area contributed by atoms with Crippen molar-refractivity contribution in [2.45, 2.75) is 0 Å². The zero-order valence-corrected chi connectivity index (χ0v) is 14.7. The van der Waals surface area contributed by atoms with Crippen LogP contribution in [0, 0.1) is 10.1 Å². The van der Waals surface area contributed by atoms with E-state index >= 15 is 0 Å². The second-order valence-corrected chi connectivity index (χ2v) is 6.21. The molecule has 0 saturated heterocycles. The number of imidazole rings is 1. The Morgan fingerprint density at radius 2 is 2.00 bits per heavy atom. The lowest BCUT2D eigenvalue weighted by atomic mass is 10.2. The van der Waals surface area contributed by atoms with Gasteiger partial charge in [0.1, 0.15) is 0 Å². The molecule has 0 bridgehead atoms. The van der Waals surface area contributed by atoms with Crippen molar-refractivity contribution in [3.8, 4) is 11.3 Å². The topological polar surface area (TPSA) is 90.1 Å². The first kappa shape index (κ1) is 16.8. The third kappa shape index (κ3) is 3.58. The fourth-order valence-electron chi connectivity index (χ4n) is 2.38. The molecule has 3 rings (SSSR count). The average Bonchev–Trinajstić information content (AvgIpc) is 2.95. The molecule has 25 heavy (non-hydrogen) atoms. The van der Waals surface area contributed by atoms with Crippen LogP contribution in [0.2, 0.25) is 0 Å². The van der Waals surface area contributed by atoms with Gasteiger partial charge < -0.3 is 4.57 Å². The van der Waals surface area contributed by atoms with Gasteiger partial charge in [-0.15, -0.1) is 0 Å². The molecule has 8 heteroatoms. The Morgan fingerprint density at radius 1 is 1.24 bits per heavy atom. The number of rotatable bonds is 4. The Labute approximate surface area is 151 Å². The standard InChI is InChI=1S/C17H13BrN4O3/c1-21-15(11-4-2-6-13(18)8-11)10-19-17(21)20-16(23)12-5-3-7-14(9-12)22(24)25/h2-10H,1H3,(H,19,20,23). The van der Waals surface area contributed by atoms with Crippen molar-refractivity contribution in [1.29, 1.82) is 0 Å². The number of nitrogens with one attached hydrogen (secondary N) is 1. The predicted molar refractivity (Wildman–Crippen MR) is 97.4 cm³/mol. The Bertz CT molecular complexity index is 968. The van der Waals surface area contributed by atoms with E-state index in [1.165, 1.54) is 24.3 Å². The Hall–Kier alpha value is -3.00. The van der Waals surface area contributed by atoms with Crippen molar-refractivity contribution in [3.05, 3.63) is 74.9 Å². The molecule has 1 N–H and O–H groups in total. The molecule has 0 saturated carbocycles. The van der Waals surface area contributed by atoms with E-state index in [4.69, 9.17) is 0 Å². The minimum absolute atomic E-state index is 0.137. The Balaban J connectivity index is 1.85. The van der Waals surface area contributed by atoms with Crippen LogP contribution in [0.15, 0.2) is 59.2 Å². The van der Waals surface area contributed by atoms with Crippen LogP contribution in [0.25, 0.3) is 11.3 Å². The number of non-ortho nitro benzene ring substituents is 1. The first-order chi connectivity index (χ1) is 12.0. The molecule has 0 radical (unpaired) electrons. The summed E-state index contributed by atoms with van der Waals surface area (Å²) in [6.07, 6.45) is 1.66. The van der Waals surface area contributed by atoms with Crippen molar-refractivity contribution in [2.24, 2.45) is 7.05 Å². The number of carbonyl (C=O) groups excluding carboxylic acids is 1. The number of hydrogen-bond donors (Lipinski definition) is 1. The second-order valence-electron chi connectivity index (χ2n) is 5.30. The summed E-state index contributed by atoms with van der Waals surface area (Å²) in [5, 5.41) is 13.5. The van der Waals surface area contributed by atoms with Crippen LogP contribution in [0.1, 0.15) is 10.4 Å². The largest absolute Gasteiger partial charge is 0.313 e. The van der Waals surface area contributed by atoms with Gasteiger partial charge in [-0.3, -0.25) is 20.2 Å². The molecular formula is C17H13BrN4O3. The van der Waals surface area contributed by atoms with Crippen LogP contribution in [0.3, 0.4) is 0 Å². The maximum Gasteiger partial charge on any atom is 0.270 e. The van der Waals surface area contributed by atoms with Gasteiger partial charge in [0.15, 0.2) is 0 Å². The van der Waals surface area contributed by atoms with E-state index < -0.39 is 10.8 Å². The predicted octanol–water partition coefficient (Wildman–Crippen LogP) is 4.01. The number of nitro benzene ring substituents is 1. The van der Waals surface area contributed by atoms with Gasteiger partial charge in [0.2, 0.25) is 5.95 Å². The van der Waals surface area contributed by atoms with Gasteiger partial charge >= 0.3 is 0 Å². The molecule has 2 aromatic carbocycles. The van der Waals surface area contributed by atoms with Gasteiger partial charge in [-0.05, 0) is 18.2 Å². The number of benzene rings is 2. The van der Waals surface area contributed by atoms with Gasteiger partial charge in [0.25, 0.3) is 11.6 Å². The third-order valence-electron chi connectivity index (χ3n) is 3.65. The van der Waals surface area contributed by atoms with Gasteiger partial charge in [0, 0.05) is 34.8 Å². The monoisotopic (exact) mass is 400 g/mol. The average molecular weight is 401 g/mol. The molecular weight excluding hydrogens is 388 g/mol. The summed E-state index contributed by atoms with van der Waals surface area (Å²) < 4.78 is 2.69. The van der Waals surface area contributed by atoms with Gasteiger partial charge in [0.05, 0.1) is 16.8 Å². The van der Waals surface area contributed by atoms with Crippen LogP contribution in [-0.4, -0.2) is 20.4 Å². The van der Waals surface area contributed by atoms with Crippen LogP contribution >= 0.6 is 15.9 Å². The highest BCUT2D eigenvalue weighted by molar-refractivity contribution is 9.10. The van der Waals surface area contributed by atoms with E-state index in [2.05, 4.69) is 26.2 Å². The highest BCUT2D eigenvalue weighted by atomic mass is 79.9. The first-order valence-electron chi connectivity index (χ1n) is 7.29. The van der Waals surface area contributed by atoms with E-state index in [0.717, 1.165) is 15.7 Å². The second kappa shape index (κ2) is 6.86. The van der Waals surface area contributed by atoms with Gasteiger partial charge in [-0.2, -0.15) is 0 Å². The van der Waals surface area contributed by atoms with Gasteiger partial charge in [-0.1, -0.05) is 34.1 Å². The number of anilines is 1. The fraction of sp³-hybridized carbons (Fsp3) is 0.0588. The van der Waals surface area contributed by atoms with Crippen molar-refractivity contribution in [2.75, 3.05) is 5.32 Å². The molecule has 0 spiro atoms. The Morgan fingerprint density at radius 3 is 2.72 bits per heavy atom. The van der Waals surface area contributed by atoms with Crippen LogP contribution in [-0.2, 0) is 7.05 Å². The van der Waals surface area contributed by atoms with Gasteiger partial charge in [-0.25, -0.2) is 4.98 Å². The molecule has 1 aromatic heterocycles. The van der Waals surface area contributed by atoms with Crippen molar-refractivity contribution >= 4 is 33.5 Å². The lowest BCUT2D eigenvalue weighted by Gasteiger charge is -2.08. The summed E-state index contributed by atoms with van der Waals surface area (Å²) in [5.41, 5.74) is 1.83. The lowest BCUT2D eigenvalue weighted by Crippen LogP contribution is -2.15. The minimum atomic E-state index is -0.539. The van der Waals surface area contributed by atoms with Crippen molar-refractivity contribution in [1.82, 2.24) is 9.55 Å². The van der Waals surface area contributed by atoms with E-state index in [0.29, 0.717) is 5.95 Å². The maximum absolute atomic E-state index is 12.3. The summed E-state index contributed by atoms with van der Waals surface area (Å²) >= 11 is 3.43. The number of aromatic nitrogens is 2. The smallest absolute Gasteiger partial charge is 0.270 e. The number of amides is 1. The van der Waals surface area contributed by atoms with E-state index in [9.17, 15) is 14.9 Å². The molecule has 0 aliphatic rings. The maximum atomic E-state index is 12.3. The van der Waals surface area contributed by atoms with Crippen molar-refractivity contribution in [3.63, 3.8) is 0 Å². The summed E-state index contributed by atoms with van der Waals surface area (Å²) in [5.74, 6) is -0.107. The molecule has 7 nitrogen and oxygen atoms in total. The zero-order chi connectivity index (χ0) is 18.0. The summed E-state index contributed by atoms with van der Waals surface area (Å²) in [6.45, 7) is 0. The summed E-state index contributed by atoms with van der Waals surface area (Å²) in [7, 11) is 1.78. The highest BCUT2D eigenvalue weighted by Gasteiger charge is 2.15. The normalized spacial score (nSPS) is 10.5. The Kier molecular flexibility index (Phi) is 4.62. The number of halogens is 1. The third-order valence-corrected chi connectivity index (χ3v) is 4.15. The van der Waals surface area contributed by atoms with Crippen molar-refractivity contribution < 1.29 is 9.72 Å². The molecule has 0 fully saturated rings. The molecule has 0 unspecified atom stereocenters. The van der Waals surface area contributed by atoms with E-state index in [-0.39, 0.29) is 11.3 Å². The van der Waals surface area contributed by atoms with Crippen LogP contribution in [0.5, 0.6) is 0 Å². The first-order valence-corrected chi connectivity index (χ1v) is 8.08. The molecule has 1 heterocycles. The number of carbonyl (C=O) groups is 1. The molecule has 1 amide bonds.